The molecule has 18 heavy (non-hydrogen) atoms. The Bertz CT molecular complexity index is 312. The van der Waals surface area contributed by atoms with E-state index in [0.29, 0.717) is 19.6 Å². The summed E-state index contributed by atoms with van der Waals surface area (Å²) in [5.41, 5.74) is 2.62. The summed E-state index contributed by atoms with van der Waals surface area (Å²) in [4.78, 5) is 11.2. The average Bonchev–Trinajstić information content (AvgIpc) is 2.29. The van der Waals surface area contributed by atoms with Gasteiger partial charge in [-0.25, -0.2) is 4.79 Å². The molecule has 0 aromatic heterocycles. The minimum absolute atomic E-state index is 0.370. The highest BCUT2D eigenvalue weighted by Gasteiger charge is 1.98. The Morgan fingerprint density at radius 3 is 2.56 bits per heavy atom. The molecule has 102 valence electrons. The molecule has 0 unspecified atom stereocenters. The minimum atomic E-state index is -0.370. The number of allylic oxidation sites excluding steroid dienone is 3. The maximum absolute atomic E-state index is 11.2. The Labute approximate surface area is 111 Å². The van der Waals surface area contributed by atoms with Gasteiger partial charge in [0.25, 0.3) is 0 Å². The van der Waals surface area contributed by atoms with E-state index in [4.69, 9.17) is 4.74 Å². The van der Waals surface area contributed by atoms with E-state index in [-0.39, 0.29) is 6.09 Å². The summed E-state index contributed by atoms with van der Waals surface area (Å²) in [6.07, 6.45) is 8.35. The van der Waals surface area contributed by atoms with Gasteiger partial charge in [-0.15, -0.1) is 6.58 Å². The fourth-order valence-corrected chi connectivity index (χ4v) is 1.29. The Hall–Kier alpha value is -1.51. The van der Waals surface area contributed by atoms with Crippen LogP contribution in [-0.2, 0) is 4.74 Å². The molecule has 0 aromatic rings. The molecule has 0 spiro atoms. The lowest BCUT2D eigenvalue weighted by atomic mass is 10.1. The lowest BCUT2D eigenvalue weighted by Gasteiger charge is -2.04. The first kappa shape index (κ1) is 16.5. The molecule has 0 saturated heterocycles. The van der Waals surface area contributed by atoms with Gasteiger partial charge in [0.1, 0.15) is 0 Å². The lowest BCUT2D eigenvalue weighted by Crippen LogP contribution is -2.24. The summed E-state index contributed by atoms with van der Waals surface area (Å²) in [5, 5.41) is 2.68. The van der Waals surface area contributed by atoms with Crippen molar-refractivity contribution in [2.24, 2.45) is 0 Å². The van der Waals surface area contributed by atoms with E-state index in [9.17, 15) is 4.79 Å². The quantitative estimate of drug-likeness (QED) is 0.523. The molecule has 0 bridgehead atoms. The maximum Gasteiger partial charge on any atom is 0.407 e. The zero-order valence-corrected chi connectivity index (χ0v) is 11.8. The minimum Gasteiger partial charge on any atom is -0.449 e. The van der Waals surface area contributed by atoms with Crippen LogP contribution >= 0.6 is 0 Å². The Balaban J connectivity index is 3.69. The van der Waals surface area contributed by atoms with Crippen molar-refractivity contribution in [1.82, 2.24) is 5.32 Å². The van der Waals surface area contributed by atoms with E-state index in [0.717, 1.165) is 12.8 Å². The van der Waals surface area contributed by atoms with Gasteiger partial charge in [0.05, 0.1) is 6.61 Å². The number of alkyl carbamates (subject to hydrolysis) is 1. The fraction of sp³-hybridized carbons (Fsp3) is 0.533. The average molecular weight is 251 g/mol. The van der Waals surface area contributed by atoms with E-state index >= 15 is 0 Å². The molecule has 0 aliphatic rings. The van der Waals surface area contributed by atoms with Crippen LogP contribution in [0, 0.1) is 0 Å². The molecule has 0 aromatic carbocycles. The number of carbonyl (C=O) groups excluding carboxylic acids is 1. The van der Waals surface area contributed by atoms with Crippen LogP contribution in [-0.4, -0.2) is 19.2 Å². The van der Waals surface area contributed by atoms with Crippen molar-refractivity contribution in [3.05, 3.63) is 36.0 Å². The van der Waals surface area contributed by atoms with Crippen molar-refractivity contribution in [3.8, 4) is 0 Å². The van der Waals surface area contributed by atoms with Crippen LogP contribution in [0.25, 0.3) is 0 Å². The Kier molecular flexibility index (Phi) is 9.74. The molecule has 0 radical (unpaired) electrons. The van der Waals surface area contributed by atoms with Gasteiger partial charge in [-0.05, 0) is 40.0 Å². The first-order valence-corrected chi connectivity index (χ1v) is 6.36. The lowest BCUT2D eigenvalue weighted by molar-refractivity contribution is 0.149. The Morgan fingerprint density at radius 2 is 1.94 bits per heavy atom. The zero-order chi connectivity index (χ0) is 13.8. The molecule has 0 atom stereocenters. The summed E-state index contributed by atoms with van der Waals surface area (Å²) in [7, 11) is 0. The predicted molar refractivity (Wildman–Crippen MR) is 76.6 cm³/mol. The molecule has 0 heterocycles. The van der Waals surface area contributed by atoms with Gasteiger partial charge in [-0.1, -0.05) is 29.4 Å². The molecule has 0 fully saturated rings. The number of amides is 1. The molecular weight excluding hydrogens is 226 g/mol. The van der Waals surface area contributed by atoms with Gasteiger partial charge < -0.3 is 10.1 Å². The normalized spacial score (nSPS) is 10.7. The fourth-order valence-electron chi connectivity index (χ4n) is 1.29. The summed E-state index contributed by atoms with van der Waals surface area (Å²) in [6.45, 7) is 10.7. The third-order valence-electron chi connectivity index (χ3n) is 2.34. The van der Waals surface area contributed by atoms with Crippen molar-refractivity contribution in [3.63, 3.8) is 0 Å². The highest BCUT2D eigenvalue weighted by molar-refractivity contribution is 5.67. The van der Waals surface area contributed by atoms with E-state index in [1.165, 1.54) is 11.1 Å². The Morgan fingerprint density at radius 1 is 1.22 bits per heavy atom. The third kappa shape index (κ3) is 11.0. The van der Waals surface area contributed by atoms with Crippen LogP contribution in [0.2, 0.25) is 0 Å². The van der Waals surface area contributed by atoms with Crippen molar-refractivity contribution in [1.29, 1.82) is 0 Å². The van der Waals surface area contributed by atoms with Crippen LogP contribution in [0.15, 0.2) is 36.0 Å². The number of hydrogen-bond acceptors (Lipinski definition) is 2. The number of hydrogen-bond donors (Lipinski definition) is 1. The number of rotatable bonds is 8. The van der Waals surface area contributed by atoms with Crippen LogP contribution in [0.4, 0.5) is 4.79 Å². The maximum atomic E-state index is 11.2. The van der Waals surface area contributed by atoms with Crippen LogP contribution < -0.4 is 5.32 Å². The zero-order valence-electron chi connectivity index (χ0n) is 11.8. The highest BCUT2D eigenvalue weighted by atomic mass is 16.5. The standard InChI is InChI=1S/C15H25NO2/c1-5-6-12-18-15(17)16-11-10-14(4)9-7-8-13(2)3/h5,8,10H,1,6-7,9,11-12H2,2-4H3,(H,16,17)/b14-10-. The first-order valence-electron chi connectivity index (χ1n) is 6.36. The predicted octanol–water partition coefficient (Wildman–Crippen LogP) is 3.98. The van der Waals surface area contributed by atoms with Crippen molar-refractivity contribution in [2.75, 3.05) is 13.2 Å². The number of ether oxygens (including phenoxy) is 1. The topological polar surface area (TPSA) is 38.3 Å². The molecule has 0 saturated carbocycles. The molecule has 0 aliphatic heterocycles. The molecular formula is C15H25NO2. The van der Waals surface area contributed by atoms with Gasteiger partial charge in [0.15, 0.2) is 0 Å². The molecule has 1 N–H and O–H groups in total. The second kappa shape index (κ2) is 10.6. The van der Waals surface area contributed by atoms with Crippen molar-refractivity contribution in [2.45, 2.75) is 40.0 Å². The van der Waals surface area contributed by atoms with E-state index in [1.54, 1.807) is 6.08 Å². The number of nitrogens with one attached hydrogen (secondary N) is 1. The molecule has 1 amide bonds. The highest BCUT2D eigenvalue weighted by Crippen LogP contribution is 2.05. The SMILES string of the molecule is C=CCCOC(=O)NC/C=C(/C)CCC=C(C)C. The van der Waals surface area contributed by atoms with Gasteiger partial charge in [-0.2, -0.15) is 0 Å². The largest absolute Gasteiger partial charge is 0.449 e. The van der Waals surface area contributed by atoms with Crippen LogP contribution in [0.5, 0.6) is 0 Å². The molecule has 0 rings (SSSR count). The second-order valence-electron chi connectivity index (χ2n) is 4.46. The van der Waals surface area contributed by atoms with Crippen molar-refractivity contribution < 1.29 is 9.53 Å². The molecule has 3 heteroatoms. The van der Waals surface area contributed by atoms with Gasteiger partial charge >= 0.3 is 6.09 Å². The van der Waals surface area contributed by atoms with Crippen LogP contribution in [0.1, 0.15) is 40.0 Å². The van der Waals surface area contributed by atoms with Gasteiger partial charge in [0, 0.05) is 6.54 Å². The van der Waals surface area contributed by atoms with E-state index in [1.807, 2.05) is 6.08 Å². The summed E-state index contributed by atoms with van der Waals surface area (Å²) in [5.74, 6) is 0. The summed E-state index contributed by atoms with van der Waals surface area (Å²) >= 11 is 0. The smallest absolute Gasteiger partial charge is 0.407 e. The van der Waals surface area contributed by atoms with Gasteiger partial charge in [-0.3, -0.25) is 0 Å². The van der Waals surface area contributed by atoms with Crippen LogP contribution in [0.3, 0.4) is 0 Å². The third-order valence-corrected chi connectivity index (χ3v) is 2.34. The van der Waals surface area contributed by atoms with Crippen molar-refractivity contribution >= 4 is 6.09 Å². The van der Waals surface area contributed by atoms with Gasteiger partial charge in [0.2, 0.25) is 0 Å². The molecule has 3 nitrogen and oxygen atoms in total. The van der Waals surface area contributed by atoms with E-state index < -0.39 is 0 Å². The number of carbonyl (C=O) groups is 1. The summed E-state index contributed by atoms with van der Waals surface area (Å²) in [6, 6.07) is 0. The summed E-state index contributed by atoms with van der Waals surface area (Å²) < 4.78 is 4.92. The first-order chi connectivity index (χ1) is 8.56. The monoisotopic (exact) mass is 251 g/mol. The molecule has 0 aliphatic carbocycles. The van der Waals surface area contributed by atoms with E-state index in [2.05, 4.69) is 38.7 Å². The second-order valence-corrected chi connectivity index (χ2v) is 4.46.